The molecule has 0 aromatic rings. The number of Topliss-reactive ketones (excluding diaryl/α,β-unsaturated/α-hetero) is 1. The van der Waals surface area contributed by atoms with Crippen LogP contribution in [-0.2, 0) is 28.8 Å². The summed E-state index contributed by atoms with van der Waals surface area (Å²) in [6.07, 6.45) is 9.89. The lowest BCUT2D eigenvalue weighted by Gasteiger charge is -2.35. The Morgan fingerprint density at radius 2 is 1.10 bits per heavy atom. The molecule has 0 bridgehead atoms. The second-order valence-electron chi connectivity index (χ2n) is 12.8. The molecule has 0 aromatic carbocycles. The molecule has 1 unspecified atom stereocenters. The lowest BCUT2D eigenvalue weighted by molar-refractivity contribution is -0.144. The third kappa shape index (κ3) is 23.9. The normalized spacial score (nSPS) is 16.4. The van der Waals surface area contributed by atoms with Crippen molar-refractivity contribution < 1.29 is 49.2 Å². The van der Waals surface area contributed by atoms with Crippen molar-refractivity contribution in [1.29, 1.82) is 0 Å². The van der Waals surface area contributed by atoms with E-state index in [2.05, 4.69) is 5.32 Å². The van der Waals surface area contributed by atoms with Crippen molar-refractivity contribution >= 4 is 35.9 Å². The zero-order valence-corrected chi connectivity index (χ0v) is 30.0. The number of ketones is 1. The van der Waals surface area contributed by atoms with Gasteiger partial charge in [-0.25, -0.2) is 0 Å². The van der Waals surface area contributed by atoms with Crippen LogP contribution in [0.2, 0.25) is 0 Å². The van der Waals surface area contributed by atoms with Crippen LogP contribution >= 0.6 is 0 Å². The number of unbranched alkanes of at least 4 members (excludes halogenated alkanes) is 7. The number of carbonyl (C=O) groups excluding carboxylic acids is 3. The van der Waals surface area contributed by atoms with Crippen LogP contribution in [0, 0.1) is 5.92 Å². The zero-order valence-electron chi connectivity index (χ0n) is 30.0. The topological polar surface area (TPSA) is 208 Å². The highest BCUT2D eigenvalue weighted by atomic mass is 16.4. The first kappa shape index (κ1) is 46.0. The number of carboxylic acids is 3. The standard InChI is InChI=1S/C33H59N5O9.CH4O/c1-27(2)29(40)11-9-7-5-3-4-6-8-10-14-34-30(41)13-12-28(33(46)47)38-21-19-35(23-24-39)15-16-36(25-31(42)43)17-18-37(20-22-38)26-32(44)45;1-2/h24,27-28H,3-23,25-26H2,1-2H3,(H,34,41)(H,42,43)(H,44,45)(H,46,47);2H,1H3. The second-order valence-corrected chi connectivity index (χ2v) is 12.8. The van der Waals surface area contributed by atoms with E-state index < -0.39 is 23.9 Å². The minimum absolute atomic E-state index is 0.0355. The Morgan fingerprint density at radius 1 is 0.653 bits per heavy atom. The van der Waals surface area contributed by atoms with E-state index in [4.69, 9.17) is 5.11 Å². The van der Waals surface area contributed by atoms with Crippen LogP contribution in [0.25, 0.3) is 0 Å². The van der Waals surface area contributed by atoms with E-state index in [1.807, 2.05) is 18.7 Å². The van der Waals surface area contributed by atoms with Gasteiger partial charge in [0.05, 0.1) is 19.6 Å². The highest BCUT2D eigenvalue weighted by Crippen LogP contribution is 2.13. The van der Waals surface area contributed by atoms with Crippen LogP contribution in [0.5, 0.6) is 0 Å². The monoisotopic (exact) mass is 701 g/mol. The van der Waals surface area contributed by atoms with Crippen molar-refractivity contribution in [2.24, 2.45) is 5.92 Å². The molecule has 1 amide bonds. The Hall–Kier alpha value is -2.98. The van der Waals surface area contributed by atoms with Crippen molar-refractivity contribution in [3.8, 4) is 0 Å². The molecule has 15 nitrogen and oxygen atoms in total. The summed E-state index contributed by atoms with van der Waals surface area (Å²) in [6, 6.07) is -0.972. The molecule has 1 heterocycles. The van der Waals surface area contributed by atoms with E-state index in [0.717, 1.165) is 64.8 Å². The van der Waals surface area contributed by atoms with Crippen molar-refractivity contribution in [3.63, 3.8) is 0 Å². The van der Waals surface area contributed by atoms with Crippen molar-refractivity contribution in [1.82, 2.24) is 24.9 Å². The van der Waals surface area contributed by atoms with Crippen LogP contribution < -0.4 is 5.32 Å². The number of aliphatic carboxylic acids is 3. The van der Waals surface area contributed by atoms with E-state index >= 15 is 0 Å². The number of hydrogen-bond acceptors (Lipinski definition) is 11. The fraction of sp³-hybridized carbons (Fsp3) is 0.824. The maximum atomic E-state index is 12.6. The van der Waals surface area contributed by atoms with Crippen molar-refractivity contribution in [2.75, 3.05) is 85.6 Å². The quantitative estimate of drug-likeness (QED) is 0.0751. The Morgan fingerprint density at radius 3 is 1.57 bits per heavy atom. The lowest BCUT2D eigenvalue weighted by Crippen LogP contribution is -2.51. The predicted molar refractivity (Wildman–Crippen MR) is 185 cm³/mol. The van der Waals surface area contributed by atoms with E-state index in [9.17, 15) is 44.1 Å². The molecule has 49 heavy (non-hydrogen) atoms. The Bertz CT molecular complexity index is 968. The van der Waals surface area contributed by atoms with Gasteiger partial charge in [-0.2, -0.15) is 0 Å². The number of carboxylic acid groups (broad SMARTS) is 3. The number of aliphatic hydroxyl groups excluding tert-OH is 1. The summed E-state index contributed by atoms with van der Waals surface area (Å²) in [7, 11) is 1.00. The van der Waals surface area contributed by atoms with Crippen molar-refractivity contribution in [2.45, 2.75) is 90.5 Å². The molecular formula is C34H63N5O10. The fourth-order valence-electron chi connectivity index (χ4n) is 5.67. The van der Waals surface area contributed by atoms with Crippen molar-refractivity contribution in [3.05, 3.63) is 0 Å². The molecule has 0 radical (unpaired) electrons. The smallest absolute Gasteiger partial charge is 0.320 e. The highest BCUT2D eigenvalue weighted by molar-refractivity contribution is 5.80. The number of rotatable bonds is 23. The molecule has 0 saturated carbocycles. The molecule has 1 aliphatic heterocycles. The fourth-order valence-corrected chi connectivity index (χ4v) is 5.67. The van der Waals surface area contributed by atoms with Gasteiger partial charge in [-0.1, -0.05) is 52.4 Å². The van der Waals surface area contributed by atoms with Gasteiger partial charge in [0.2, 0.25) is 5.91 Å². The van der Waals surface area contributed by atoms with Crippen LogP contribution in [-0.4, -0.2) is 168 Å². The SMILES string of the molecule is CC(C)C(=O)CCCCCCCCCCNC(=O)CCC(C(=O)O)N1CCN(CC=O)CCN(CC(=O)O)CCN(CC(=O)O)CC1.CO. The average molecular weight is 702 g/mol. The maximum absolute atomic E-state index is 12.6. The Balaban J connectivity index is 0.0000113. The molecule has 284 valence electrons. The zero-order chi connectivity index (χ0) is 37.0. The summed E-state index contributed by atoms with van der Waals surface area (Å²) < 4.78 is 0. The Labute approximate surface area is 292 Å². The third-order valence-electron chi connectivity index (χ3n) is 8.61. The van der Waals surface area contributed by atoms with Gasteiger partial charge in [0.25, 0.3) is 0 Å². The molecule has 1 saturated heterocycles. The van der Waals surface area contributed by atoms with Gasteiger partial charge in [0.1, 0.15) is 18.1 Å². The number of aldehydes is 1. The number of nitrogens with zero attached hydrogens (tertiary/aromatic N) is 4. The number of carbonyl (C=O) groups is 6. The number of aliphatic hydroxyl groups is 1. The molecule has 1 aliphatic rings. The van der Waals surface area contributed by atoms with E-state index in [1.54, 1.807) is 14.7 Å². The number of hydrogen-bond donors (Lipinski definition) is 5. The average Bonchev–Trinajstić information content (AvgIpc) is 3.04. The molecule has 1 atom stereocenters. The van der Waals surface area contributed by atoms with Gasteiger partial charge in [-0.15, -0.1) is 0 Å². The lowest BCUT2D eigenvalue weighted by atomic mass is 10.0. The Kier molecular flexibility index (Phi) is 27.1. The molecule has 5 N–H and O–H groups in total. The second kappa shape index (κ2) is 28.8. The van der Waals surface area contributed by atoms with E-state index in [-0.39, 0.29) is 70.5 Å². The summed E-state index contributed by atoms with van der Waals surface area (Å²) in [5, 5.41) is 38.7. The predicted octanol–water partition coefficient (Wildman–Crippen LogP) is 1.27. The molecule has 1 rings (SSSR count). The van der Waals surface area contributed by atoms with Gasteiger partial charge in [0, 0.05) is 84.8 Å². The molecule has 1 fully saturated rings. The van der Waals surface area contributed by atoms with Gasteiger partial charge < -0.3 is 30.5 Å². The maximum Gasteiger partial charge on any atom is 0.320 e. The van der Waals surface area contributed by atoms with Gasteiger partial charge in [0.15, 0.2) is 0 Å². The number of nitrogens with one attached hydrogen (secondary N) is 1. The summed E-state index contributed by atoms with van der Waals surface area (Å²) in [4.78, 5) is 77.8. The minimum atomic E-state index is -1.07. The van der Waals surface area contributed by atoms with Gasteiger partial charge in [-0.3, -0.25) is 43.6 Å². The summed E-state index contributed by atoms with van der Waals surface area (Å²) in [5.41, 5.74) is 0. The first-order valence-corrected chi connectivity index (χ1v) is 17.7. The van der Waals surface area contributed by atoms with E-state index in [1.165, 1.54) is 0 Å². The first-order valence-electron chi connectivity index (χ1n) is 17.7. The van der Waals surface area contributed by atoms with Gasteiger partial charge in [-0.05, 0) is 19.3 Å². The van der Waals surface area contributed by atoms with Crippen LogP contribution in [0.4, 0.5) is 0 Å². The van der Waals surface area contributed by atoms with Crippen LogP contribution in [0.3, 0.4) is 0 Å². The summed E-state index contributed by atoms with van der Waals surface area (Å²) in [5.74, 6) is -2.88. The van der Waals surface area contributed by atoms with Crippen LogP contribution in [0.1, 0.15) is 84.5 Å². The first-order chi connectivity index (χ1) is 23.4. The molecular weight excluding hydrogens is 638 g/mol. The minimum Gasteiger partial charge on any atom is -0.480 e. The molecule has 15 heteroatoms. The number of amides is 1. The molecule has 0 spiro atoms. The summed E-state index contributed by atoms with van der Waals surface area (Å²) >= 11 is 0. The summed E-state index contributed by atoms with van der Waals surface area (Å²) in [6.45, 7) is 6.47. The molecule has 0 aliphatic carbocycles. The third-order valence-corrected chi connectivity index (χ3v) is 8.61. The largest absolute Gasteiger partial charge is 0.480 e. The van der Waals surface area contributed by atoms with Gasteiger partial charge >= 0.3 is 17.9 Å². The molecule has 0 aromatic heterocycles. The van der Waals surface area contributed by atoms with Crippen LogP contribution in [0.15, 0.2) is 0 Å². The highest BCUT2D eigenvalue weighted by Gasteiger charge is 2.28. The van der Waals surface area contributed by atoms with E-state index in [0.29, 0.717) is 44.9 Å².